The highest BCUT2D eigenvalue weighted by molar-refractivity contribution is 5.96. The molecule has 1 aromatic carbocycles. The summed E-state index contributed by atoms with van der Waals surface area (Å²) in [6, 6.07) is 5.96. The molecule has 8 nitrogen and oxygen atoms in total. The monoisotopic (exact) mass is 285 g/mol. The van der Waals surface area contributed by atoms with Gasteiger partial charge in [-0.05, 0) is 18.6 Å². The van der Waals surface area contributed by atoms with Crippen molar-refractivity contribution in [3.63, 3.8) is 0 Å². The van der Waals surface area contributed by atoms with Crippen LogP contribution < -0.4 is 10.2 Å². The number of carbonyl (C=O) groups excluding carboxylic acids is 1. The summed E-state index contributed by atoms with van der Waals surface area (Å²) in [5, 5.41) is 10.0. The second-order valence-corrected chi connectivity index (χ2v) is 4.69. The maximum atomic E-state index is 11.8. The van der Waals surface area contributed by atoms with Crippen LogP contribution in [0.15, 0.2) is 33.4 Å². The van der Waals surface area contributed by atoms with Crippen LogP contribution in [0.3, 0.4) is 0 Å². The van der Waals surface area contributed by atoms with E-state index in [4.69, 9.17) is 8.83 Å². The van der Waals surface area contributed by atoms with Crippen molar-refractivity contribution in [3.8, 4) is 0 Å². The Morgan fingerprint density at radius 3 is 3.00 bits per heavy atom. The minimum absolute atomic E-state index is 0.137. The van der Waals surface area contributed by atoms with Gasteiger partial charge in [-0.2, -0.15) is 4.98 Å². The highest BCUT2D eigenvalue weighted by atomic mass is 16.4. The molecule has 0 spiro atoms. The SMILES string of the molecule is O=C1CCCN1c1ccc2nc(Nc3nnco3)oc2c1. The molecule has 3 heterocycles. The number of fused-ring (bicyclic) bond motifs is 1. The Balaban J connectivity index is 1.66. The van der Waals surface area contributed by atoms with Gasteiger partial charge >= 0.3 is 12.0 Å². The molecule has 0 aliphatic carbocycles. The molecule has 1 saturated heterocycles. The number of amides is 1. The van der Waals surface area contributed by atoms with Crippen LogP contribution in [0.2, 0.25) is 0 Å². The third kappa shape index (κ3) is 2.10. The van der Waals surface area contributed by atoms with Crippen LogP contribution in [0.25, 0.3) is 11.1 Å². The summed E-state index contributed by atoms with van der Waals surface area (Å²) < 4.78 is 10.6. The molecule has 4 rings (SSSR count). The Labute approximate surface area is 118 Å². The maximum absolute atomic E-state index is 11.8. The van der Waals surface area contributed by atoms with Crippen LogP contribution in [0, 0.1) is 0 Å². The molecular formula is C13H11N5O3. The zero-order valence-corrected chi connectivity index (χ0v) is 10.9. The Morgan fingerprint density at radius 2 is 2.24 bits per heavy atom. The van der Waals surface area contributed by atoms with E-state index in [1.165, 1.54) is 6.39 Å². The summed E-state index contributed by atoms with van der Waals surface area (Å²) in [4.78, 5) is 17.8. The van der Waals surface area contributed by atoms with Crippen molar-refractivity contribution < 1.29 is 13.6 Å². The lowest BCUT2D eigenvalue weighted by atomic mass is 10.2. The van der Waals surface area contributed by atoms with Crippen molar-refractivity contribution in [1.82, 2.24) is 15.2 Å². The van der Waals surface area contributed by atoms with Crippen molar-refractivity contribution in [2.45, 2.75) is 12.8 Å². The van der Waals surface area contributed by atoms with Crippen LogP contribution in [0.5, 0.6) is 0 Å². The number of aromatic nitrogens is 3. The van der Waals surface area contributed by atoms with Gasteiger partial charge in [0, 0.05) is 24.7 Å². The number of oxazole rings is 1. The molecule has 8 heteroatoms. The molecule has 2 aromatic heterocycles. The van der Waals surface area contributed by atoms with E-state index in [1.807, 2.05) is 18.2 Å². The van der Waals surface area contributed by atoms with Gasteiger partial charge in [0.1, 0.15) is 5.52 Å². The van der Waals surface area contributed by atoms with E-state index in [0.717, 1.165) is 18.7 Å². The van der Waals surface area contributed by atoms with Gasteiger partial charge in [-0.1, -0.05) is 5.10 Å². The van der Waals surface area contributed by atoms with Crippen LogP contribution in [0.4, 0.5) is 17.7 Å². The molecule has 0 radical (unpaired) electrons. The van der Waals surface area contributed by atoms with Gasteiger partial charge in [-0.15, -0.1) is 5.10 Å². The van der Waals surface area contributed by atoms with E-state index in [0.29, 0.717) is 17.5 Å². The number of nitrogens with one attached hydrogen (secondary N) is 1. The average molecular weight is 285 g/mol. The zero-order chi connectivity index (χ0) is 14.2. The summed E-state index contributed by atoms with van der Waals surface area (Å²) in [7, 11) is 0. The number of anilines is 3. The predicted octanol–water partition coefficient (Wildman–Crippen LogP) is 2.08. The number of benzene rings is 1. The molecule has 1 aliphatic heterocycles. The highest BCUT2D eigenvalue weighted by Gasteiger charge is 2.22. The van der Waals surface area contributed by atoms with E-state index in [2.05, 4.69) is 20.5 Å². The van der Waals surface area contributed by atoms with Crippen LogP contribution >= 0.6 is 0 Å². The third-order valence-corrected chi connectivity index (χ3v) is 3.33. The third-order valence-electron chi connectivity index (χ3n) is 3.33. The second-order valence-electron chi connectivity index (χ2n) is 4.69. The molecule has 0 bridgehead atoms. The smallest absolute Gasteiger partial charge is 0.323 e. The molecule has 0 unspecified atom stereocenters. The zero-order valence-electron chi connectivity index (χ0n) is 10.9. The number of hydrogen-bond donors (Lipinski definition) is 1. The van der Waals surface area contributed by atoms with Crippen molar-refractivity contribution in [2.24, 2.45) is 0 Å². The molecular weight excluding hydrogens is 274 g/mol. The van der Waals surface area contributed by atoms with E-state index in [-0.39, 0.29) is 17.9 Å². The van der Waals surface area contributed by atoms with Gasteiger partial charge in [0.05, 0.1) is 0 Å². The summed E-state index contributed by atoms with van der Waals surface area (Å²) in [5.74, 6) is 0.137. The molecule has 1 N–H and O–H groups in total. The van der Waals surface area contributed by atoms with Crippen LogP contribution in [-0.4, -0.2) is 27.6 Å². The summed E-state index contributed by atoms with van der Waals surface area (Å²) >= 11 is 0. The first-order chi connectivity index (χ1) is 10.3. The van der Waals surface area contributed by atoms with Crippen molar-refractivity contribution in [3.05, 3.63) is 24.6 Å². The van der Waals surface area contributed by atoms with Gasteiger partial charge in [-0.3, -0.25) is 10.1 Å². The summed E-state index contributed by atoms with van der Waals surface area (Å²) in [5.41, 5.74) is 2.10. The Morgan fingerprint density at radius 1 is 1.29 bits per heavy atom. The minimum Gasteiger partial charge on any atom is -0.423 e. The van der Waals surface area contributed by atoms with Crippen LogP contribution in [0.1, 0.15) is 12.8 Å². The average Bonchev–Trinajstić information content (AvgIpc) is 3.18. The summed E-state index contributed by atoms with van der Waals surface area (Å²) in [6.45, 7) is 0.742. The van der Waals surface area contributed by atoms with E-state index >= 15 is 0 Å². The van der Waals surface area contributed by atoms with Crippen LogP contribution in [-0.2, 0) is 4.79 Å². The quantitative estimate of drug-likeness (QED) is 0.786. The minimum atomic E-state index is 0.137. The Bertz CT molecular complexity index is 795. The number of rotatable bonds is 3. The number of hydrogen-bond acceptors (Lipinski definition) is 7. The molecule has 0 atom stereocenters. The largest absolute Gasteiger partial charge is 0.423 e. The first-order valence-corrected chi connectivity index (χ1v) is 6.54. The first-order valence-electron chi connectivity index (χ1n) is 6.54. The Kier molecular flexibility index (Phi) is 2.59. The predicted molar refractivity (Wildman–Crippen MR) is 73.2 cm³/mol. The lowest BCUT2D eigenvalue weighted by Gasteiger charge is -2.14. The second kappa shape index (κ2) is 4.58. The standard InChI is InChI=1S/C13H11N5O3/c19-11-2-1-5-18(11)8-3-4-9-10(6-8)21-12(15-9)16-13-17-14-7-20-13/h3-4,6-7H,1-2,5H2,(H,15,16,17). The molecule has 106 valence electrons. The maximum Gasteiger partial charge on any atom is 0.323 e. The van der Waals surface area contributed by atoms with Crippen molar-refractivity contribution in [2.75, 3.05) is 16.8 Å². The van der Waals surface area contributed by atoms with Gasteiger partial charge < -0.3 is 13.7 Å². The van der Waals surface area contributed by atoms with Gasteiger partial charge in [0.2, 0.25) is 12.3 Å². The lowest BCUT2D eigenvalue weighted by Crippen LogP contribution is -2.23. The molecule has 1 fully saturated rings. The Hall–Kier alpha value is -2.90. The van der Waals surface area contributed by atoms with E-state index in [9.17, 15) is 4.79 Å². The normalized spacial score (nSPS) is 15.0. The summed E-state index contributed by atoms with van der Waals surface area (Å²) in [6.07, 6.45) is 2.69. The molecule has 21 heavy (non-hydrogen) atoms. The highest BCUT2D eigenvalue weighted by Crippen LogP contribution is 2.28. The fourth-order valence-corrected chi connectivity index (χ4v) is 2.37. The lowest BCUT2D eigenvalue weighted by molar-refractivity contribution is -0.117. The topological polar surface area (TPSA) is 97.3 Å². The van der Waals surface area contributed by atoms with E-state index in [1.54, 1.807) is 4.90 Å². The van der Waals surface area contributed by atoms with Crippen molar-refractivity contribution >= 4 is 34.7 Å². The number of carbonyl (C=O) groups is 1. The molecule has 1 amide bonds. The first kappa shape index (κ1) is 11.9. The number of nitrogens with zero attached hydrogens (tertiary/aromatic N) is 4. The fourth-order valence-electron chi connectivity index (χ4n) is 2.37. The van der Waals surface area contributed by atoms with Gasteiger partial charge in [0.25, 0.3) is 0 Å². The van der Waals surface area contributed by atoms with Gasteiger partial charge in [-0.25, -0.2) is 0 Å². The fraction of sp³-hybridized carbons (Fsp3) is 0.231. The van der Waals surface area contributed by atoms with Gasteiger partial charge in [0.15, 0.2) is 5.58 Å². The molecule has 3 aromatic rings. The molecule has 0 saturated carbocycles. The van der Waals surface area contributed by atoms with Crippen molar-refractivity contribution in [1.29, 1.82) is 0 Å². The van der Waals surface area contributed by atoms with E-state index < -0.39 is 0 Å². The molecule has 1 aliphatic rings.